The predicted molar refractivity (Wildman–Crippen MR) is 102 cm³/mol. The van der Waals surface area contributed by atoms with Crippen molar-refractivity contribution in [3.63, 3.8) is 0 Å². The summed E-state index contributed by atoms with van der Waals surface area (Å²) >= 11 is 0. The van der Waals surface area contributed by atoms with E-state index in [9.17, 15) is 19.7 Å². The van der Waals surface area contributed by atoms with Crippen molar-refractivity contribution in [2.24, 2.45) is 11.8 Å². The molecule has 27 heavy (non-hydrogen) atoms. The van der Waals surface area contributed by atoms with Crippen LogP contribution < -0.4 is 9.80 Å². The van der Waals surface area contributed by atoms with Gasteiger partial charge in [-0.25, -0.2) is 4.90 Å². The lowest BCUT2D eigenvalue weighted by Crippen LogP contribution is -2.31. The van der Waals surface area contributed by atoms with Crippen LogP contribution in [0.15, 0.2) is 30.4 Å². The van der Waals surface area contributed by atoms with E-state index in [0.717, 1.165) is 43.7 Å². The van der Waals surface area contributed by atoms with Gasteiger partial charge in [-0.2, -0.15) is 0 Å². The van der Waals surface area contributed by atoms with Crippen LogP contribution in [-0.2, 0) is 9.59 Å². The van der Waals surface area contributed by atoms with Gasteiger partial charge in [0.25, 0.3) is 5.69 Å². The number of rotatable bonds is 3. The zero-order valence-electron chi connectivity index (χ0n) is 15.2. The summed E-state index contributed by atoms with van der Waals surface area (Å²) in [4.78, 5) is 40.0. The Morgan fingerprint density at radius 2 is 1.52 bits per heavy atom. The predicted octanol–water partition coefficient (Wildman–Crippen LogP) is 3.43. The SMILES string of the molecule is O=C1[C@@H]2CC=CC[C@H]2C(=O)N1c1ccc(N2CCCCCC2)c([N+](=O)[O-])c1. The third kappa shape index (κ3) is 3.11. The Bertz CT molecular complexity index is 785. The highest BCUT2D eigenvalue weighted by Gasteiger charge is 2.48. The van der Waals surface area contributed by atoms with Crippen LogP contribution >= 0.6 is 0 Å². The lowest BCUT2D eigenvalue weighted by atomic mass is 9.85. The number of nitrogens with zero attached hydrogens (tertiary/aromatic N) is 3. The molecule has 0 aromatic heterocycles. The molecule has 7 nitrogen and oxygen atoms in total. The van der Waals surface area contributed by atoms with Crippen LogP contribution in [0.25, 0.3) is 0 Å². The molecule has 2 saturated heterocycles. The van der Waals surface area contributed by atoms with Gasteiger partial charge in [-0.3, -0.25) is 19.7 Å². The van der Waals surface area contributed by atoms with Crippen molar-refractivity contribution >= 4 is 28.9 Å². The molecule has 0 unspecified atom stereocenters. The largest absolute Gasteiger partial charge is 0.366 e. The Morgan fingerprint density at radius 1 is 0.926 bits per heavy atom. The number of benzene rings is 1. The third-order valence-corrected chi connectivity index (χ3v) is 5.87. The van der Waals surface area contributed by atoms with Gasteiger partial charge >= 0.3 is 0 Å². The number of amides is 2. The number of anilines is 2. The first kappa shape index (κ1) is 17.7. The molecule has 0 N–H and O–H groups in total. The Hall–Kier alpha value is -2.70. The van der Waals surface area contributed by atoms with Crippen LogP contribution in [0.2, 0.25) is 0 Å². The summed E-state index contributed by atoms with van der Waals surface area (Å²) < 4.78 is 0. The van der Waals surface area contributed by atoms with Gasteiger partial charge in [0.2, 0.25) is 11.8 Å². The van der Waals surface area contributed by atoms with Crippen molar-refractivity contribution in [3.05, 3.63) is 40.5 Å². The van der Waals surface area contributed by atoms with E-state index in [-0.39, 0.29) is 29.3 Å². The zero-order valence-corrected chi connectivity index (χ0v) is 15.2. The average Bonchev–Trinajstić information content (AvgIpc) is 2.86. The van der Waals surface area contributed by atoms with Crippen molar-refractivity contribution in [3.8, 4) is 0 Å². The molecule has 142 valence electrons. The Balaban J connectivity index is 1.68. The highest BCUT2D eigenvalue weighted by molar-refractivity contribution is 6.22. The summed E-state index contributed by atoms with van der Waals surface area (Å²) in [6.45, 7) is 1.58. The summed E-state index contributed by atoms with van der Waals surface area (Å²) in [7, 11) is 0. The number of nitro groups is 1. The highest BCUT2D eigenvalue weighted by Crippen LogP contribution is 2.40. The molecule has 3 aliphatic rings. The monoisotopic (exact) mass is 369 g/mol. The molecule has 4 rings (SSSR count). The molecular formula is C20H23N3O4. The molecule has 0 radical (unpaired) electrons. The van der Waals surface area contributed by atoms with E-state index in [4.69, 9.17) is 0 Å². The molecule has 0 saturated carbocycles. The molecule has 1 aromatic carbocycles. The van der Waals surface area contributed by atoms with Crippen molar-refractivity contribution in [2.75, 3.05) is 22.9 Å². The van der Waals surface area contributed by atoms with Gasteiger partial charge in [0.15, 0.2) is 0 Å². The number of fused-ring (bicyclic) bond motifs is 1. The van der Waals surface area contributed by atoms with Crippen LogP contribution in [0.5, 0.6) is 0 Å². The van der Waals surface area contributed by atoms with Gasteiger partial charge in [-0.05, 0) is 37.8 Å². The molecule has 2 fully saturated rings. The fraction of sp³-hybridized carbons (Fsp3) is 0.500. The first-order chi connectivity index (χ1) is 13.1. The molecule has 2 atom stereocenters. The van der Waals surface area contributed by atoms with E-state index in [2.05, 4.69) is 0 Å². The van der Waals surface area contributed by atoms with Gasteiger partial charge in [-0.15, -0.1) is 0 Å². The summed E-state index contributed by atoms with van der Waals surface area (Å²) in [6.07, 6.45) is 9.27. The molecule has 7 heteroatoms. The van der Waals surface area contributed by atoms with Gasteiger partial charge in [0, 0.05) is 19.2 Å². The minimum atomic E-state index is -0.413. The third-order valence-electron chi connectivity index (χ3n) is 5.87. The maximum atomic E-state index is 12.8. The summed E-state index contributed by atoms with van der Waals surface area (Å²) in [5, 5.41) is 11.7. The van der Waals surface area contributed by atoms with Crippen LogP contribution in [0.4, 0.5) is 17.1 Å². The molecule has 2 amide bonds. The van der Waals surface area contributed by atoms with E-state index in [1.807, 2.05) is 17.1 Å². The average molecular weight is 369 g/mol. The highest BCUT2D eigenvalue weighted by atomic mass is 16.6. The van der Waals surface area contributed by atoms with Gasteiger partial charge in [0.05, 0.1) is 22.4 Å². The minimum absolute atomic E-state index is 0.0389. The quantitative estimate of drug-likeness (QED) is 0.353. The summed E-state index contributed by atoms with van der Waals surface area (Å²) in [6, 6.07) is 4.76. The van der Waals surface area contributed by atoms with Crippen molar-refractivity contribution < 1.29 is 14.5 Å². The smallest absolute Gasteiger partial charge is 0.294 e. The van der Waals surface area contributed by atoms with Crippen molar-refractivity contribution in [1.29, 1.82) is 0 Å². The second kappa shape index (κ2) is 7.13. The molecule has 1 aliphatic carbocycles. The lowest BCUT2D eigenvalue weighted by molar-refractivity contribution is -0.384. The second-order valence-electron chi connectivity index (χ2n) is 7.50. The van der Waals surface area contributed by atoms with Crippen LogP contribution in [0, 0.1) is 22.0 Å². The normalized spacial score (nSPS) is 25.5. The molecular weight excluding hydrogens is 346 g/mol. The Kier molecular flexibility index (Phi) is 4.68. The standard InChI is InChI=1S/C20H23N3O4/c24-19-15-7-3-4-8-16(15)20(25)22(19)14-9-10-17(18(13-14)23(26)27)21-11-5-1-2-6-12-21/h3-4,9-10,13,15-16H,1-2,5-8,11-12H2/t15-,16-/m1/s1. The number of hydrogen-bond acceptors (Lipinski definition) is 5. The van der Waals surface area contributed by atoms with Gasteiger partial charge < -0.3 is 4.90 Å². The van der Waals surface area contributed by atoms with Gasteiger partial charge in [-0.1, -0.05) is 25.0 Å². The maximum Gasteiger partial charge on any atom is 0.294 e. The summed E-state index contributed by atoms with van der Waals surface area (Å²) in [5.74, 6) is -1.17. The molecule has 0 spiro atoms. The second-order valence-corrected chi connectivity index (χ2v) is 7.50. The zero-order chi connectivity index (χ0) is 19.0. The number of imide groups is 1. The molecule has 2 aliphatic heterocycles. The van der Waals surface area contributed by atoms with E-state index < -0.39 is 4.92 Å². The number of hydrogen-bond donors (Lipinski definition) is 0. The molecule has 1 aromatic rings. The van der Waals surface area contributed by atoms with E-state index in [1.165, 1.54) is 6.07 Å². The van der Waals surface area contributed by atoms with E-state index in [0.29, 0.717) is 24.2 Å². The molecule has 2 heterocycles. The number of allylic oxidation sites excluding steroid dienone is 2. The Morgan fingerprint density at radius 3 is 2.07 bits per heavy atom. The maximum absolute atomic E-state index is 12.8. The lowest BCUT2D eigenvalue weighted by Gasteiger charge is -2.23. The topological polar surface area (TPSA) is 83.8 Å². The van der Waals surface area contributed by atoms with Crippen molar-refractivity contribution in [1.82, 2.24) is 0 Å². The minimum Gasteiger partial charge on any atom is -0.366 e. The fourth-order valence-electron chi connectivity index (χ4n) is 4.43. The van der Waals surface area contributed by atoms with E-state index in [1.54, 1.807) is 12.1 Å². The van der Waals surface area contributed by atoms with Crippen LogP contribution in [0.1, 0.15) is 38.5 Å². The first-order valence-corrected chi connectivity index (χ1v) is 9.64. The number of nitro benzene ring substituents is 1. The fourth-order valence-corrected chi connectivity index (χ4v) is 4.43. The van der Waals surface area contributed by atoms with Crippen LogP contribution in [-0.4, -0.2) is 29.8 Å². The van der Waals surface area contributed by atoms with Crippen LogP contribution in [0.3, 0.4) is 0 Å². The first-order valence-electron chi connectivity index (χ1n) is 9.64. The molecule has 0 bridgehead atoms. The van der Waals surface area contributed by atoms with E-state index >= 15 is 0 Å². The van der Waals surface area contributed by atoms with Crippen molar-refractivity contribution in [2.45, 2.75) is 38.5 Å². The van der Waals surface area contributed by atoms with Gasteiger partial charge in [0.1, 0.15) is 5.69 Å². The number of carbonyl (C=O) groups excluding carboxylic acids is 2. The Labute approximate surface area is 157 Å². The number of carbonyl (C=O) groups is 2. The summed E-state index contributed by atoms with van der Waals surface area (Å²) in [5.41, 5.74) is 0.844.